The second-order valence-corrected chi connectivity index (χ2v) is 7.18. The van der Waals surface area contributed by atoms with E-state index in [9.17, 15) is 4.79 Å². The van der Waals surface area contributed by atoms with E-state index < -0.39 is 0 Å². The molecule has 0 saturated carbocycles. The molecular weight excluding hydrogens is 372 g/mol. The second-order valence-electron chi connectivity index (χ2n) is 6.23. The lowest BCUT2D eigenvalue weighted by Crippen LogP contribution is -2.25. The number of nitrogens with zero attached hydrogens (tertiary/aromatic N) is 3. The van der Waals surface area contributed by atoms with E-state index in [1.165, 1.54) is 11.8 Å². The molecule has 1 amide bonds. The molecule has 0 aliphatic heterocycles. The predicted octanol–water partition coefficient (Wildman–Crippen LogP) is 3.49. The molecule has 0 spiro atoms. The molecule has 7 heteroatoms. The van der Waals surface area contributed by atoms with Gasteiger partial charge in [0.25, 0.3) is 0 Å². The van der Waals surface area contributed by atoms with E-state index in [0.717, 1.165) is 29.2 Å². The fourth-order valence-electron chi connectivity index (χ4n) is 2.72. The van der Waals surface area contributed by atoms with Crippen molar-refractivity contribution in [2.45, 2.75) is 24.9 Å². The lowest BCUT2D eigenvalue weighted by Gasteiger charge is -2.11. The molecule has 0 radical (unpaired) electrons. The van der Waals surface area contributed by atoms with Gasteiger partial charge in [0.15, 0.2) is 5.16 Å². The van der Waals surface area contributed by atoms with Crippen molar-refractivity contribution >= 4 is 17.7 Å². The summed E-state index contributed by atoms with van der Waals surface area (Å²) in [6, 6.07) is 17.9. The summed E-state index contributed by atoms with van der Waals surface area (Å²) in [6.45, 7) is 2.72. The van der Waals surface area contributed by atoms with Crippen molar-refractivity contribution in [3.63, 3.8) is 0 Å². The van der Waals surface area contributed by atoms with Crippen LogP contribution in [-0.4, -0.2) is 40.1 Å². The van der Waals surface area contributed by atoms with Crippen molar-refractivity contribution < 1.29 is 9.53 Å². The number of rotatable bonds is 9. The Labute approximate surface area is 169 Å². The molecule has 0 bridgehead atoms. The summed E-state index contributed by atoms with van der Waals surface area (Å²) in [5, 5.41) is 12.3. The van der Waals surface area contributed by atoms with Crippen LogP contribution in [0.3, 0.4) is 0 Å². The number of amides is 1. The molecular formula is C21H24N4O2S. The van der Waals surface area contributed by atoms with Crippen LogP contribution in [0.5, 0.6) is 5.75 Å². The van der Waals surface area contributed by atoms with Crippen molar-refractivity contribution in [3.05, 3.63) is 66.0 Å². The van der Waals surface area contributed by atoms with Crippen LogP contribution in [0.25, 0.3) is 5.69 Å². The number of aromatic nitrogens is 3. The van der Waals surface area contributed by atoms with Crippen LogP contribution in [0.4, 0.5) is 0 Å². The molecule has 0 fully saturated rings. The highest BCUT2D eigenvalue weighted by Crippen LogP contribution is 2.25. The number of carbonyl (C=O) groups is 1. The Balaban J connectivity index is 1.87. The molecule has 146 valence electrons. The Morgan fingerprint density at radius 3 is 2.54 bits per heavy atom. The average Bonchev–Trinajstić information content (AvgIpc) is 3.13. The Morgan fingerprint density at radius 1 is 1.11 bits per heavy atom. The number of benzene rings is 2. The summed E-state index contributed by atoms with van der Waals surface area (Å²) in [4.78, 5) is 12.0. The van der Waals surface area contributed by atoms with Crippen LogP contribution in [0.2, 0.25) is 0 Å². The minimum absolute atomic E-state index is 0.000685. The number of nitrogens with one attached hydrogen (secondary N) is 1. The molecule has 0 aliphatic rings. The largest absolute Gasteiger partial charge is 0.497 e. The van der Waals surface area contributed by atoms with Crippen LogP contribution in [-0.2, 0) is 11.2 Å². The molecule has 0 atom stereocenters. The summed E-state index contributed by atoms with van der Waals surface area (Å²) in [7, 11) is 1.64. The molecule has 0 unspecified atom stereocenters. The van der Waals surface area contributed by atoms with E-state index in [0.29, 0.717) is 23.9 Å². The van der Waals surface area contributed by atoms with Gasteiger partial charge in [-0.05, 0) is 36.2 Å². The zero-order chi connectivity index (χ0) is 19.8. The van der Waals surface area contributed by atoms with E-state index in [2.05, 4.69) is 27.6 Å². The van der Waals surface area contributed by atoms with Gasteiger partial charge in [0, 0.05) is 18.7 Å². The lowest BCUT2D eigenvalue weighted by molar-refractivity contribution is -0.118. The smallest absolute Gasteiger partial charge is 0.230 e. The molecule has 1 N–H and O–H groups in total. The highest BCUT2D eigenvalue weighted by atomic mass is 32.2. The lowest BCUT2D eigenvalue weighted by atomic mass is 10.1. The summed E-state index contributed by atoms with van der Waals surface area (Å²) < 4.78 is 7.26. The third kappa shape index (κ3) is 5.13. The van der Waals surface area contributed by atoms with Crippen molar-refractivity contribution in [3.8, 4) is 11.4 Å². The van der Waals surface area contributed by atoms with Crippen molar-refractivity contribution in [2.75, 3.05) is 19.4 Å². The number of thioether (sulfide) groups is 1. The predicted molar refractivity (Wildman–Crippen MR) is 111 cm³/mol. The van der Waals surface area contributed by atoms with Crippen LogP contribution in [0.1, 0.15) is 24.7 Å². The van der Waals surface area contributed by atoms with Crippen LogP contribution < -0.4 is 10.1 Å². The number of carbonyl (C=O) groups excluding carboxylic acids is 1. The van der Waals surface area contributed by atoms with E-state index in [1.54, 1.807) is 7.11 Å². The Hall–Kier alpha value is -2.80. The quantitative estimate of drug-likeness (QED) is 0.561. The molecule has 28 heavy (non-hydrogen) atoms. The summed E-state index contributed by atoms with van der Waals surface area (Å²) in [6.07, 6.45) is 1.57. The molecule has 1 aromatic heterocycles. The summed E-state index contributed by atoms with van der Waals surface area (Å²) in [5.74, 6) is 1.92. The first kappa shape index (κ1) is 19.9. The first-order valence-electron chi connectivity index (χ1n) is 9.23. The van der Waals surface area contributed by atoms with Gasteiger partial charge >= 0.3 is 0 Å². The SMILES string of the molecule is CCCNC(=O)CSc1nnc(Cc2ccccc2)n1-c1ccc(OC)cc1. The minimum atomic E-state index is 0.000685. The second kappa shape index (κ2) is 9.94. The monoisotopic (exact) mass is 396 g/mol. The van der Waals surface area contributed by atoms with Gasteiger partial charge in [0.2, 0.25) is 5.91 Å². The first-order chi connectivity index (χ1) is 13.7. The fraction of sp³-hybridized carbons (Fsp3) is 0.286. The van der Waals surface area contributed by atoms with Gasteiger partial charge in [-0.15, -0.1) is 10.2 Å². The molecule has 3 rings (SSSR count). The van der Waals surface area contributed by atoms with E-state index >= 15 is 0 Å². The number of ether oxygens (including phenoxy) is 1. The summed E-state index contributed by atoms with van der Waals surface area (Å²) in [5.41, 5.74) is 2.09. The summed E-state index contributed by atoms with van der Waals surface area (Å²) >= 11 is 1.39. The number of hydrogen-bond acceptors (Lipinski definition) is 5. The minimum Gasteiger partial charge on any atom is -0.497 e. The zero-order valence-corrected chi connectivity index (χ0v) is 16.9. The Kier molecular flexibility index (Phi) is 7.08. The third-order valence-corrected chi connectivity index (χ3v) is 5.07. The van der Waals surface area contributed by atoms with Crippen molar-refractivity contribution in [1.29, 1.82) is 0 Å². The van der Waals surface area contributed by atoms with Gasteiger partial charge in [0.05, 0.1) is 12.9 Å². The average molecular weight is 397 g/mol. The molecule has 0 saturated heterocycles. The Morgan fingerprint density at radius 2 is 1.86 bits per heavy atom. The highest BCUT2D eigenvalue weighted by molar-refractivity contribution is 7.99. The standard InChI is InChI=1S/C21H24N4O2S/c1-3-13-22-20(26)15-28-21-24-23-19(14-16-7-5-4-6-8-16)25(21)17-9-11-18(27-2)12-10-17/h4-12H,3,13-15H2,1-2H3,(H,22,26). The van der Waals surface area contributed by atoms with Crippen molar-refractivity contribution in [1.82, 2.24) is 20.1 Å². The van der Waals surface area contributed by atoms with Crippen LogP contribution >= 0.6 is 11.8 Å². The molecule has 3 aromatic rings. The maximum Gasteiger partial charge on any atom is 0.230 e. The van der Waals surface area contributed by atoms with Gasteiger partial charge in [-0.1, -0.05) is 49.0 Å². The van der Waals surface area contributed by atoms with E-state index in [1.807, 2.05) is 54.0 Å². The number of hydrogen-bond donors (Lipinski definition) is 1. The van der Waals surface area contributed by atoms with Gasteiger partial charge in [-0.2, -0.15) is 0 Å². The zero-order valence-electron chi connectivity index (χ0n) is 16.1. The van der Waals surface area contributed by atoms with Gasteiger partial charge < -0.3 is 10.1 Å². The van der Waals surface area contributed by atoms with Crippen molar-refractivity contribution in [2.24, 2.45) is 0 Å². The molecule has 0 aliphatic carbocycles. The highest BCUT2D eigenvalue weighted by Gasteiger charge is 2.16. The maximum absolute atomic E-state index is 12.0. The number of methoxy groups -OCH3 is 1. The van der Waals surface area contributed by atoms with Gasteiger partial charge in [0.1, 0.15) is 11.6 Å². The third-order valence-electron chi connectivity index (χ3n) is 4.14. The van der Waals surface area contributed by atoms with Crippen LogP contribution in [0.15, 0.2) is 59.8 Å². The fourth-order valence-corrected chi connectivity index (χ4v) is 3.52. The normalized spacial score (nSPS) is 10.6. The Bertz CT molecular complexity index is 895. The first-order valence-corrected chi connectivity index (χ1v) is 10.2. The van der Waals surface area contributed by atoms with Crippen LogP contribution in [0, 0.1) is 0 Å². The molecule has 1 heterocycles. The van der Waals surface area contributed by atoms with Gasteiger partial charge in [-0.25, -0.2) is 0 Å². The topological polar surface area (TPSA) is 69.0 Å². The maximum atomic E-state index is 12.0. The van der Waals surface area contributed by atoms with Gasteiger partial charge in [-0.3, -0.25) is 9.36 Å². The van der Waals surface area contributed by atoms with E-state index in [-0.39, 0.29) is 5.91 Å². The van der Waals surface area contributed by atoms with E-state index in [4.69, 9.17) is 4.74 Å². The molecule has 6 nitrogen and oxygen atoms in total. The molecule has 2 aromatic carbocycles.